The Bertz CT molecular complexity index is 143. The Balaban J connectivity index is 4.12. The van der Waals surface area contributed by atoms with Gasteiger partial charge in [0.25, 0.3) is 0 Å². The summed E-state index contributed by atoms with van der Waals surface area (Å²) in [6.07, 6.45) is -4.08. The van der Waals surface area contributed by atoms with Crippen LogP contribution in [0.5, 0.6) is 0 Å². The van der Waals surface area contributed by atoms with Crippen molar-refractivity contribution in [3.8, 4) is 0 Å². The molecule has 0 fully saturated rings. The van der Waals surface area contributed by atoms with Crippen LogP contribution in [0.3, 0.4) is 0 Å². The molecule has 0 bridgehead atoms. The predicted octanol–water partition coefficient (Wildman–Crippen LogP) is 4.36. The van der Waals surface area contributed by atoms with Crippen LogP contribution >= 0.6 is 21.6 Å². The maximum atomic E-state index is 12.4. The molecule has 0 saturated carbocycles. The van der Waals surface area contributed by atoms with E-state index in [-0.39, 0.29) is 11.2 Å². The van der Waals surface area contributed by atoms with E-state index < -0.39 is 11.4 Å². The highest BCUT2D eigenvalue weighted by Gasteiger charge is 2.42. The Morgan fingerprint density at radius 1 is 0.923 bits per heavy atom. The largest absolute Gasteiger partial charge is 0.401 e. The molecule has 13 heavy (non-hydrogen) atoms. The second kappa shape index (κ2) is 5.39. The van der Waals surface area contributed by atoms with Gasteiger partial charge in [0.2, 0.25) is 0 Å². The summed E-state index contributed by atoms with van der Waals surface area (Å²) in [6, 6.07) is 0. The SMILES string of the molecule is CC(C)SS[C@@H](C(C)C)C(F)(F)F. The lowest BCUT2D eigenvalue weighted by Crippen LogP contribution is -2.30. The van der Waals surface area contributed by atoms with Crippen LogP contribution in [0, 0.1) is 5.92 Å². The second-order valence-corrected chi connectivity index (χ2v) is 6.44. The lowest BCUT2D eigenvalue weighted by Gasteiger charge is -2.23. The van der Waals surface area contributed by atoms with Gasteiger partial charge in [-0.3, -0.25) is 0 Å². The molecule has 5 heteroatoms. The van der Waals surface area contributed by atoms with Gasteiger partial charge in [0.1, 0.15) is 5.25 Å². The molecule has 0 heterocycles. The minimum Gasteiger partial charge on any atom is -0.170 e. The van der Waals surface area contributed by atoms with Crippen LogP contribution in [-0.4, -0.2) is 16.7 Å². The Morgan fingerprint density at radius 2 is 1.38 bits per heavy atom. The van der Waals surface area contributed by atoms with E-state index in [9.17, 15) is 13.2 Å². The van der Waals surface area contributed by atoms with Crippen LogP contribution in [0.1, 0.15) is 27.7 Å². The third-order valence-electron chi connectivity index (χ3n) is 1.28. The van der Waals surface area contributed by atoms with Crippen molar-refractivity contribution in [3.63, 3.8) is 0 Å². The van der Waals surface area contributed by atoms with Gasteiger partial charge in [-0.25, -0.2) is 0 Å². The number of hydrogen-bond donors (Lipinski definition) is 0. The highest BCUT2D eigenvalue weighted by molar-refractivity contribution is 8.77. The smallest absolute Gasteiger partial charge is 0.170 e. The molecule has 0 aromatic heterocycles. The van der Waals surface area contributed by atoms with Crippen molar-refractivity contribution in [2.45, 2.75) is 44.4 Å². The first kappa shape index (κ1) is 13.5. The van der Waals surface area contributed by atoms with E-state index in [2.05, 4.69) is 0 Å². The molecule has 0 spiro atoms. The zero-order valence-corrected chi connectivity index (χ0v) is 9.82. The average molecular weight is 232 g/mol. The van der Waals surface area contributed by atoms with Crippen molar-refractivity contribution in [1.29, 1.82) is 0 Å². The Morgan fingerprint density at radius 3 is 1.62 bits per heavy atom. The number of rotatable bonds is 4. The first-order valence-electron chi connectivity index (χ1n) is 4.14. The van der Waals surface area contributed by atoms with Crippen molar-refractivity contribution in [2.24, 2.45) is 5.92 Å². The Kier molecular flexibility index (Phi) is 5.59. The van der Waals surface area contributed by atoms with Crippen molar-refractivity contribution < 1.29 is 13.2 Å². The molecule has 0 radical (unpaired) electrons. The summed E-state index contributed by atoms with van der Waals surface area (Å²) in [4.78, 5) is 0. The minimum atomic E-state index is -4.08. The third kappa shape index (κ3) is 5.73. The molecule has 1 atom stereocenters. The second-order valence-electron chi connectivity index (χ2n) is 3.45. The standard InChI is InChI=1S/C8H15F3S2/c1-5(2)7(8(9,10)11)13-12-6(3)4/h5-7H,1-4H3/t7-/m0/s1. The summed E-state index contributed by atoms with van der Waals surface area (Å²) in [7, 11) is 2.23. The molecule has 0 nitrogen and oxygen atoms in total. The summed E-state index contributed by atoms with van der Waals surface area (Å²) in [6.45, 7) is 6.99. The van der Waals surface area contributed by atoms with Gasteiger partial charge < -0.3 is 0 Å². The molecule has 0 rings (SSSR count). The first-order chi connectivity index (χ1) is 5.75. The molecular formula is C8H15F3S2. The molecule has 0 aliphatic heterocycles. The molecule has 0 aromatic carbocycles. The van der Waals surface area contributed by atoms with Crippen molar-refractivity contribution in [2.75, 3.05) is 0 Å². The van der Waals surface area contributed by atoms with Crippen molar-refractivity contribution in [1.82, 2.24) is 0 Å². The molecule has 0 amide bonds. The lowest BCUT2D eigenvalue weighted by molar-refractivity contribution is -0.135. The summed E-state index contributed by atoms with van der Waals surface area (Å²) < 4.78 is 37.2. The van der Waals surface area contributed by atoms with Gasteiger partial charge in [-0.15, -0.1) is 0 Å². The quantitative estimate of drug-likeness (QED) is 0.660. The van der Waals surface area contributed by atoms with Gasteiger partial charge >= 0.3 is 6.18 Å². The molecule has 0 aliphatic rings. The van der Waals surface area contributed by atoms with Gasteiger partial charge in [0, 0.05) is 5.25 Å². The normalized spacial score (nSPS) is 15.5. The maximum absolute atomic E-state index is 12.4. The fourth-order valence-corrected chi connectivity index (χ4v) is 3.41. The van der Waals surface area contributed by atoms with Crippen LogP contribution < -0.4 is 0 Å². The van der Waals surface area contributed by atoms with Crippen LogP contribution in [0.15, 0.2) is 0 Å². The van der Waals surface area contributed by atoms with E-state index in [1.54, 1.807) is 13.8 Å². The van der Waals surface area contributed by atoms with Crippen molar-refractivity contribution >= 4 is 21.6 Å². The topological polar surface area (TPSA) is 0 Å². The van der Waals surface area contributed by atoms with Gasteiger partial charge in [-0.1, -0.05) is 49.3 Å². The molecule has 0 aliphatic carbocycles. The number of alkyl halides is 3. The fraction of sp³-hybridized carbons (Fsp3) is 1.00. The van der Waals surface area contributed by atoms with Gasteiger partial charge in [0.05, 0.1) is 0 Å². The molecule has 0 saturated heterocycles. The van der Waals surface area contributed by atoms with Crippen LogP contribution in [0.2, 0.25) is 0 Å². The maximum Gasteiger partial charge on any atom is 0.401 e. The molecule has 0 unspecified atom stereocenters. The van der Waals surface area contributed by atoms with Gasteiger partial charge in [-0.05, 0) is 5.92 Å². The Hall–Kier alpha value is 0.490. The first-order valence-corrected chi connectivity index (χ1v) is 6.41. The average Bonchev–Trinajstić information content (AvgIpc) is 1.81. The van der Waals surface area contributed by atoms with E-state index >= 15 is 0 Å². The van der Waals surface area contributed by atoms with Gasteiger partial charge in [0.15, 0.2) is 0 Å². The predicted molar refractivity (Wildman–Crippen MR) is 55.0 cm³/mol. The zero-order chi connectivity index (χ0) is 10.6. The van der Waals surface area contributed by atoms with E-state index in [0.717, 1.165) is 10.8 Å². The monoisotopic (exact) mass is 232 g/mol. The highest BCUT2D eigenvalue weighted by Crippen LogP contribution is 2.42. The third-order valence-corrected chi connectivity index (χ3v) is 4.90. The lowest BCUT2D eigenvalue weighted by atomic mass is 10.1. The van der Waals surface area contributed by atoms with Crippen LogP contribution in [0.25, 0.3) is 0 Å². The van der Waals surface area contributed by atoms with Crippen LogP contribution in [0.4, 0.5) is 13.2 Å². The molecule has 0 N–H and O–H groups in total. The van der Waals surface area contributed by atoms with E-state index in [1.165, 1.54) is 10.8 Å². The molecule has 80 valence electrons. The fourth-order valence-electron chi connectivity index (χ4n) is 0.715. The van der Waals surface area contributed by atoms with E-state index in [4.69, 9.17) is 0 Å². The van der Waals surface area contributed by atoms with Crippen LogP contribution in [-0.2, 0) is 0 Å². The Labute approximate surface area is 85.4 Å². The zero-order valence-electron chi connectivity index (χ0n) is 8.18. The number of hydrogen-bond acceptors (Lipinski definition) is 2. The summed E-state index contributed by atoms with van der Waals surface area (Å²) in [5.74, 6) is -0.365. The molecular weight excluding hydrogens is 217 g/mol. The molecule has 0 aromatic rings. The highest BCUT2D eigenvalue weighted by atomic mass is 33.1. The van der Waals surface area contributed by atoms with Crippen molar-refractivity contribution in [3.05, 3.63) is 0 Å². The number of halogens is 3. The summed E-state index contributed by atoms with van der Waals surface area (Å²) in [5.41, 5.74) is 0. The van der Waals surface area contributed by atoms with E-state index in [1.807, 2.05) is 13.8 Å². The van der Waals surface area contributed by atoms with Gasteiger partial charge in [-0.2, -0.15) is 13.2 Å². The summed E-state index contributed by atoms with van der Waals surface area (Å²) in [5, 5.41) is -1.02. The minimum absolute atomic E-state index is 0.230. The summed E-state index contributed by atoms with van der Waals surface area (Å²) >= 11 is 0. The van der Waals surface area contributed by atoms with E-state index in [0.29, 0.717) is 0 Å².